The molecule has 2 aliphatic heterocycles. The number of aliphatic imine (C=N–C) groups is 1. The van der Waals surface area contributed by atoms with E-state index < -0.39 is 0 Å². The Morgan fingerprint density at radius 3 is 2.72 bits per heavy atom. The molecule has 2 heterocycles. The molecule has 1 N–H and O–H groups in total. The van der Waals surface area contributed by atoms with E-state index in [4.69, 9.17) is 9.47 Å². The Bertz CT molecular complexity index is 588. The summed E-state index contributed by atoms with van der Waals surface area (Å²) in [7, 11) is 1.85. The maximum atomic E-state index is 5.93. The van der Waals surface area contributed by atoms with Gasteiger partial charge in [-0.25, -0.2) is 0 Å². The van der Waals surface area contributed by atoms with E-state index in [1.807, 2.05) is 7.05 Å². The fourth-order valence-corrected chi connectivity index (χ4v) is 3.54. The fourth-order valence-electron chi connectivity index (χ4n) is 3.54. The van der Waals surface area contributed by atoms with Crippen LogP contribution >= 0.6 is 24.0 Å². The molecule has 3 rings (SSSR count). The van der Waals surface area contributed by atoms with Gasteiger partial charge < -0.3 is 19.7 Å². The van der Waals surface area contributed by atoms with Crippen LogP contribution < -0.4 is 5.32 Å². The molecule has 0 aliphatic carbocycles. The second kappa shape index (κ2) is 9.73. The smallest absolute Gasteiger partial charge is 0.194 e. The second-order valence-corrected chi connectivity index (χ2v) is 6.74. The minimum atomic E-state index is 0. The van der Waals surface area contributed by atoms with E-state index in [9.17, 15) is 0 Å². The maximum absolute atomic E-state index is 5.93. The van der Waals surface area contributed by atoms with Gasteiger partial charge in [-0.3, -0.25) is 4.99 Å². The highest BCUT2D eigenvalue weighted by atomic mass is 127. The van der Waals surface area contributed by atoms with E-state index in [0.29, 0.717) is 0 Å². The van der Waals surface area contributed by atoms with E-state index >= 15 is 0 Å². The van der Waals surface area contributed by atoms with Gasteiger partial charge in [-0.05, 0) is 37.8 Å². The molecule has 2 atom stereocenters. The SMILES string of the molecule is CN=C(NCc1ccc(C)cc1C)N1CCOC(C2CCCO2)C1.I. The molecule has 0 amide bonds. The molecular formula is C19H30IN3O2. The average molecular weight is 459 g/mol. The quantitative estimate of drug-likeness (QED) is 0.429. The number of benzene rings is 1. The van der Waals surface area contributed by atoms with Crippen molar-refractivity contribution in [1.82, 2.24) is 10.2 Å². The van der Waals surface area contributed by atoms with Gasteiger partial charge in [0.2, 0.25) is 0 Å². The van der Waals surface area contributed by atoms with Gasteiger partial charge in [-0.15, -0.1) is 24.0 Å². The van der Waals surface area contributed by atoms with E-state index in [1.165, 1.54) is 16.7 Å². The highest BCUT2D eigenvalue weighted by molar-refractivity contribution is 14.0. The van der Waals surface area contributed by atoms with Crippen molar-refractivity contribution in [3.63, 3.8) is 0 Å². The first-order valence-corrected chi connectivity index (χ1v) is 8.92. The molecule has 0 spiro atoms. The fraction of sp³-hybridized carbons (Fsp3) is 0.632. The Morgan fingerprint density at radius 1 is 1.24 bits per heavy atom. The topological polar surface area (TPSA) is 46.1 Å². The lowest BCUT2D eigenvalue weighted by Gasteiger charge is -2.37. The van der Waals surface area contributed by atoms with Gasteiger partial charge >= 0.3 is 0 Å². The number of halogens is 1. The summed E-state index contributed by atoms with van der Waals surface area (Å²) in [5, 5.41) is 3.51. The van der Waals surface area contributed by atoms with Crippen molar-refractivity contribution in [2.24, 2.45) is 4.99 Å². The van der Waals surface area contributed by atoms with Crippen LogP contribution in [0.2, 0.25) is 0 Å². The number of nitrogens with one attached hydrogen (secondary N) is 1. The monoisotopic (exact) mass is 459 g/mol. The summed E-state index contributed by atoms with van der Waals surface area (Å²) in [5.41, 5.74) is 3.93. The zero-order chi connectivity index (χ0) is 16.9. The van der Waals surface area contributed by atoms with Crippen LogP contribution in [0, 0.1) is 13.8 Å². The first-order valence-electron chi connectivity index (χ1n) is 8.92. The standard InChI is InChI=1S/C19H29N3O2.HI/c1-14-6-7-16(15(2)11-14)12-21-19(20-3)22-8-10-24-18(13-22)17-5-4-9-23-17;/h6-7,11,17-18H,4-5,8-10,12-13H2,1-3H3,(H,20,21);1H. The number of hydrogen-bond donors (Lipinski definition) is 1. The number of aryl methyl sites for hydroxylation is 2. The van der Waals surface area contributed by atoms with Crippen molar-refractivity contribution in [3.05, 3.63) is 34.9 Å². The number of guanidine groups is 1. The summed E-state index contributed by atoms with van der Waals surface area (Å²) in [6.07, 6.45) is 2.64. The van der Waals surface area contributed by atoms with E-state index in [2.05, 4.69) is 47.3 Å². The first-order chi connectivity index (χ1) is 11.7. The molecule has 6 heteroatoms. The lowest BCUT2D eigenvalue weighted by atomic mass is 10.1. The largest absolute Gasteiger partial charge is 0.375 e. The second-order valence-electron chi connectivity index (χ2n) is 6.74. The van der Waals surface area contributed by atoms with Crippen molar-refractivity contribution in [2.45, 2.75) is 45.4 Å². The molecule has 1 aromatic rings. The van der Waals surface area contributed by atoms with Crippen LogP contribution in [0.1, 0.15) is 29.5 Å². The summed E-state index contributed by atoms with van der Waals surface area (Å²) in [6.45, 7) is 8.39. The number of hydrogen-bond acceptors (Lipinski definition) is 3. The molecule has 0 aromatic heterocycles. The van der Waals surface area contributed by atoms with Gasteiger partial charge in [0.25, 0.3) is 0 Å². The normalized spacial score (nSPS) is 24.1. The van der Waals surface area contributed by atoms with Crippen LogP contribution in [0.25, 0.3) is 0 Å². The van der Waals surface area contributed by atoms with Crippen molar-refractivity contribution in [1.29, 1.82) is 0 Å². The van der Waals surface area contributed by atoms with Crippen LogP contribution in [-0.2, 0) is 16.0 Å². The van der Waals surface area contributed by atoms with Crippen molar-refractivity contribution < 1.29 is 9.47 Å². The Morgan fingerprint density at radius 2 is 2.04 bits per heavy atom. The predicted molar refractivity (Wildman–Crippen MR) is 112 cm³/mol. The van der Waals surface area contributed by atoms with E-state index in [1.54, 1.807) is 0 Å². The lowest BCUT2D eigenvalue weighted by molar-refractivity contribution is -0.0817. The molecule has 2 fully saturated rings. The van der Waals surface area contributed by atoms with Gasteiger partial charge in [0.05, 0.1) is 12.7 Å². The molecule has 2 saturated heterocycles. The van der Waals surface area contributed by atoms with Crippen LogP contribution in [0.15, 0.2) is 23.2 Å². The molecule has 0 radical (unpaired) electrons. The lowest BCUT2D eigenvalue weighted by Crippen LogP contribution is -2.53. The molecule has 25 heavy (non-hydrogen) atoms. The molecule has 5 nitrogen and oxygen atoms in total. The predicted octanol–water partition coefficient (Wildman–Crippen LogP) is 2.88. The Hall–Kier alpha value is -0.860. The van der Waals surface area contributed by atoms with Gasteiger partial charge in [-0.2, -0.15) is 0 Å². The van der Waals surface area contributed by atoms with E-state index in [0.717, 1.165) is 51.6 Å². The molecule has 140 valence electrons. The summed E-state index contributed by atoms with van der Waals surface area (Å²) in [4.78, 5) is 6.76. The number of ether oxygens (including phenoxy) is 2. The minimum Gasteiger partial charge on any atom is -0.375 e. The van der Waals surface area contributed by atoms with Crippen LogP contribution in [0.4, 0.5) is 0 Å². The third-order valence-corrected chi connectivity index (χ3v) is 4.92. The summed E-state index contributed by atoms with van der Waals surface area (Å²) in [6, 6.07) is 6.58. The third-order valence-electron chi connectivity index (χ3n) is 4.92. The van der Waals surface area contributed by atoms with Crippen LogP contribution in [0.3, 0.4) is 0 Å². The van der Waals surface area contributed by atoms with Gasteiger partial charge in [-0.1, -0.05) is 23.8 Å². The molecule has 0 saturated carbocycles. The van der Waals surface area contributed by atoms with Gasteiger partial charge in [0.15, 0.2) is 5.96 Å². The first kappa shape index (κ1) is 20.5. The van der Waals surface area contributed by atoms with Crippen molar-refractivity contribution in [3.8, 4) is 0 Å². The van der Waals surface area contributed by atoms with Gasteiger partial charge in [0, 0.05) is 33.3 Å². The summed E-state index contributed by atoms with van der Waals surface area (Å²) < 4.78 is 11.7. The highest BCUT2D eigenvalue weighted by Gasteiger charge is 2.32. The molecular weight excluding hydrogens is 429 g/mol. The Kier molecular flexibility index (Phi) is 7.96. The summed E-state index contributed by atoms with van der Waals surface area (Å²) in [5.74, 6) is 0.946. The Balaban J connectivity index is 0.00000225. The zero-order valence-electron chi connectivity index (χ0n) is 15.5. The van der Waals surface area contributed by atoms with Crippen LogP contribution in [-0.4, -0.2) is 56.4 Å². The van der Waals surface area contributed by atoms with Crippen LogP contribution in [0.5, 0.6) is 0 Å². The van der Waals surface area contributed by atoms with Crippen molar-refractivity contribution in [2.75, 3.05) is 33.4 Å². The number of rotatable bonds is 3. The average Bonchev–Trinajstić information content (AvgIpc) is 3.12. The van der Waals surface area contributed by atoms with Crippen molar-refractivity contribution >= 4 is 29.9 Å². The molecule has 2 aliphatic rings. The third kappa shape index (κ3) is 5.31. The highest BCUT2D eigenvalue weighted by Crippen LogP contribution is 2.21. The Labute approximate surface area is 168 Å². The molecule has 2 unspecified atom stereocenters. The number of morpholine rings is 1. The molecule has 1 aromatic carbocycles. The number of nitrogens with zero attached hydrogens (tertiary/aromatic N) is 2. The maximum Gasteiger partial charge on any atom is 0.194 e. The van der Waals surface area contributed by atoms with Gasteiger partial charge in [0.1, 0.15) is 6.10 Å². The summed E-state index contributed by atoms with van der Waals surface area (Å²) >= 11 is 0. The zero-order valence-corrected chi connectivity index (χ0v) is 17.8. The molecule has 0 bridgehead atoms. The van der Waals surface area contributed by atoms with E-state index in [-0.39, 0.29) is 36.2 Å². The minimum absolute atomic E-state index is 0.